The Balaban J connectivity index is 0.00000210. The van der Waals surface area contributed by atoms with Gasteiger partial charge in [0, 0.05) is 45.5 Å². The minimum atomic E-state index is 0. The number of hydrogen-bond acceptors (Lipinski definition) is 3. The van der Waals surface area contributed by atoms with Crippen LogP contribution < -0.4 is 10.2 Å². The maximum Gasteiger partial charge on any atom is 0.193 e. The van der Waals surface area contributed by atoms with Crippen LogP contribution in [0.5, 0.6) is 0 Å². The van der Waals surface area contributed by atoms with Crippen molar-refractivity contribution in [2.24, 2.45) is 16.8 Å². The van der Waals surface area contributed by atoms with Crippen molar-refractivity contribution in [3.8, 4) is 0 Å². The van der Waals surface area contributed by atoms with Crippen LogP contribution in [0.4, 0.5) is 5.69 Å². The molecule has 2 aliphatic heterocycles. The second-order valence-corrected chi connectivity index (χ2v) is 7.88. The van der Waals surface area contributed by atoms with Gasteiger partial charge in [-0.15, -0.1) is 24.0 Å². The first-order valence-corrected chi connectivity index (χ1v) is 10.2. The number of nitrogens with zero attached hydrogens (tertiary/aromatic N) is 3. The van der Waals surface area contributed by atoms with E-state index >= 15 is 0 Å². The van der Waals surface area contributed by atoms with Crippen LogP contribution >= 0.6 is 24.0 Å². The molecule has 1 saturated carbocycles. The molecule has 0 radical (unpaired) electrons. The number of halogens is 1. The first kappa shape index (κ1) is 20.7. The van der Waals surface area contributed by atoms with E-state index in [1.54, 1.807) is 0 Å². The summed E-state index contributed by atoms with van der Waals surface area (Å²) >= 11 is 0. The van der Waals surface area contributed by atoms with Crippen LogP contribution in [-0.2, 0) is 11.3 Å². The van der Waals surface area contributed by atoms with Crippen molar-refractivity contribution in [1.82, 2.24) is 10.2 Å². The van der Waals surface area contributed by atoms with Gasteiger partial charge in [-0.2, -0.15) is 0 Å². The fourth-order valence-corrected chi connectivity index (χ4v) is 4.74. The van der Waals surface area contributed by atoms with E-state index in [-0.39, 0.29) is 24.0 Å². The Kier molecular flexibility index (Phi) is 7.64. The van der Waals surface area contributed by atoms with Crippen molar-refractivity contribution in [2.45, 2.75) is 32.2 Å². The maximum absolute atomic E-state index is 5.44. The summed E-state index contributed by atoms with van der Waals surface area (Å²) in [6.45, 7) is 6.83. The van der Waals surface area contributed by atoms with Crippen LogP contribution in [0.1, 0.15) is 31.2 Å². The Morgan fingerprint density at radius 3 is 2.30 bits per heavy atom. The van der Waals surface area contributed by atoms with Crippen molar-refractivity contribution in [1.29, 1.82) is 0 Å². The molecule has 0 aromatic heterocycles. The fourth-order valence-electron chi connectivity index (χ4n) is 4.74. The zero-order valence-electron chi connectivity index (χ0n) is 16.4. The van der Waals surface area contributed by atoms with Crippen LogP contribution in [0.3, 0.4) is 0 Å². The number of fused-ring (bicyclic) bond motifs is 1. The van der Waals surface area contributed by atoms with Crippen molar-refractivity contribution in [3.63, 3.8) is 0 Å². The molecule has 3 aliphatic rings. The molecule has 4 rings (SSSR count). The highest BCUT2D eigenvalue weighted by molar-refractivity contribution is 14.0. The van der Waals surface area contributed by atoms with Gasteiger partial charge in [-0.1, -0.05) is 25.0 Å². The number of anilines is 1. The van der Waals surface area contributed by atoms with E-state index in [0.717, 1.165) is 50.6 Å². The Morgan fingerprint density at radius 1 is 1.07 bits per heavy atom. The average molecular weight is 484 g/mol. The number of rotatable bonds is 3. The molecule has 3 fully saturated rings. The number of aliphatic imine (C=N–C) groups is 1. The molecule has 1 aromatic carbocycles. The van der Waals surface area contributed by atoms with Gasteiger partial charge in [0.15, 0.2) is 5.96 Å². The van der Waals surface area contributed by atoms with Crippen LogP contribution in [-0.4, -0.2) is 57.3 Å². The summed E-state index contributed by atoms with van der Waals surface area (Å²) in [6.07, 6.45) is 5.63. The molecule has 2 heterocycles. The predicted octanol–water partition coefficient (Wildman–Crippen LogP) is 3.34. The predicted molar refractivity (Wildman–Crippen MR) is 122 cm³/mol. The van der Waals surface area contributed by atoms with E-state index in [0.29, 0.717) is 0 Å². The Morgan fingerprint density at radius 2 is 1.70 bits per heavy atom. The number of ether oxygens (including phenoxy) is 1. The van der Waals surface area contributed by atoms with Crippen molar-refractivity contribution in [3.05, 3.63) is 29.8 Å². The van der Waals surface area contributed by atoms with E-state index in [1.807, 2.05) is 7.05 Å². The third kappa shape index (κ3) is 5.08. The van der Waals surface area contributed by atoms with Crippen molar-refractivity contribution >= 4 is 35.6 Å². The van der Waals surface area contributed by atoms with Crippen LogP contribution in [0.15, 0.2) is 29.3 Å². The molecule has 1 aromatic rings. The van der Waals surface area contributed by atoms with Crippen molar-refractivity contribution in [2.75, 3.05) is 51.3 Å². The summed E-state index contributed by atoms with van der Waals surface area (Å²) in [6, 6.07) is 8.93. The summed E-state index contributed by atoms with van der Waals surface area (Å²) in [5.74, 6) is 2.84. The molecule has 27 heavy (non-hydrogen) atoms. The summed E-state index contributed by atoms with van der Waals surface area (Å²) in [5.41, 5.74) is 2.60. The molecule has 2 saturated heterocycles. The van der Waals surface area contributed by atoms with Gasteiger partial charge in [0.2, 0.25) is 0 Å². The van der Waals surface area contributed by atoms with Gasteiger partial charge in [-0.25, -0.2) is 0 Å². The molecular formula is C21H33IN4O. The minimum absolute atomic E-state index is 0. The number of likely N-dealkylation sites (tertiary alicyclic amines) is 1. The lowest BCUT2D eigenvalue weighted by Crippen LogP contribution is -2.39. The van der Waals surface area contributed by atoms with Gasteiger partial charge in [0.05, 0.1) is 13.2 Å². The molecule has 0 amide bonds. The van der Waals surface area contributed by atoms with Crippen LogP contribution in [0, 0.1) is 11.8 Å². The first-order chi connectivity index (χ1) is 12.8. The number of benzene rings is 1. The lowest BCUT2D eigenvalue weighted by molar-refractivity contribution is 0.122. The van der Waals surface area contributed by atoms with Gasteiger partial charge in [-0.05, 0) is 42.4 Å². The second kappa shape index (κ2) is 9.96. The largest absolute Gasteiger partial charge is 0.378 e. The summed E-state index contributed by atoms with van der Waals surface area (Å²) in [4.78, 5) is 9.41. The van der Waals surface area contributed by atoms with E-state index in [4.69, 9.17) is 4.74 Å². The monoisotopic (exact) mass is 484 g/mol. The van der Waals surface area contributed by atoms with E-state index < -0.39 is 0 Å². The molecule has 1 aliphatic carbocycles. The quantitative estimate of drug-likeness (QED) is 0.406. The number of hydrogen-bond donors (Lipinski definition) is 1. The third-order valence-electron chi connectivity index (χ3n) is 6.25. The smallest absolute Gasteiger partial charge is 0.193 e. The Labute approximate surface area is 180 Å². The molecular weight excluding hydrogens is 451 g/mol. The summed E-state index contributed by atoms with van der Waals surface area (Å²) < 4.78 is 5.44. The second-order valence-electron chi connectivity index (χ2n) is 7.88. The fraction of sp³-hybridized carbons (Fsp3) is 0.667. The molecule has 6 heteroatoms. The third-order valence-corrected chi connectivity index (χ3v) is 6.25. The first-order valence-electron chi connectivity index (χ1n) is 10.2. The van der Waals surface area contributed by atoms with E-state index in [9.17, 15) is 0 Å². The average Bonchev–Trinajstić information content (AvgIpc) is 3.13. The number of nitrogens with one attached hydrogen (secondary N) is 1. The normalized spacial score (nSPS) is 25.7. The molecule has 0 bridgehead atoms. The number of morpholine rings is 1. The molecule has 1 N–H and O–H groups in total. The lowest BCUT2D eigenvalue weighted by Gasteiger charge is -2.29. The highest BCUT2D eigenvalue weighted by Crippen LogP contribution is 2.35. The van der Waals surface area contributed by atoms with E-state index in [2.05, 4.69) is 44.4 Å². The zero-order chi connectivity index (χ0) is 17.8. The standard InChI is InChI=1S/C21H32N4O.HI/c1-22-21(25-15-18-4-2-3-5-19(18)16-25)23-14-17-6-8-20(9-7-17)24-10-12-26-13-11-24;/h6-9,18-19H,2-5,10-16H2,1H3,(H,22,23);1H. The van der Waals surface area contributed by atoms with Gasteiger partial charge in [0.25, 0.3) is 0 Å². The van der Waals surface area contributed by atoms with Crippen molar-refractivity contribution < 1.29 is 4.74 Å². The van der Waals surface area contributed by atoms with Gasteiger partial charge < -0.3 is 19.9 Å². The highest BCUT2D eigenvalue weighted by atomic mass is 127. The van der Waals surface area contributed by atoms with E-state index in [1.165, 1.54) is 50.0 Å². The topological polar surface area (TPSA) is 40.1 Å². The zero-order valence-corrected chi connectivity index (χ0v) is 18.7. The summed E-state index contributed by atoms with van der Waals surface area (Å²) in [7, 11) is 1.91. The molecule has 0 spiro atoms. The molecule has 2 unspecified atom stereocenters. The minimum Gasteiger partial charge on any atom is -0.378 e. The molecule has 5 nitrogen and oxygen atoms in total. The van der Waals surface area contributed by atoms with Crippen LogP contribution in [0.25, 0.3) is 0 Å². The maximum atomic E-state index is 5.44. The molecule has 2 atom stereocenters. The lowest BCUT2D eigenvalue weighted by atomic mass is 9.82. The van der Waals surface area contributed by atoms with Gasteiger partial charge in [-0.3, -0.25) is 4.99 Å². The number of guanidine groups is 1. The summed E-state index contributed by atoms with van der Waals surface area (Å²) in [5, 5.41) is 3.58. The molecule has 150 valence electrons. The Bertz CT molecular complexity index is 601. The van der Waals surface area contributed by atoms with Gasteiger partial charge >= 0.3 is 0 Å². The van der Waals surface area contributed by atoms with Gasteiger partial charge in [0.1, 0.15) is 0 Å². The highest BCUT2D eigenvalue weighted by Gasteiger charge is 2.35. The van der Waals surface area contributed by atoms with Crippen LogP contribution in [0.2, 0.25) is 0 Å². The SMILES string of the molecule is CN=C(NCc1ccc(N2CCOCC2)cc1)N1CC2CCCCC2C1.I. The Hall–Kier alpha value is -1.02.